The van der Waals surface area contributed by atoms with Gasteiger partial charge in [-0.15, -0.1) is 0 Å². The summed E-state index contributed by atoms with van der Waals surface area (Å²) in [5, 5.41) is 2.40. The second-order valence-electron chi connectivity index (χ2n) is 5.48. The predicted molar refractivity (Wildman–Crippen MR) is 85.1 cm³/mol. The fraction of sp³-hybridized carbons (Fsp3) is 0.533. The zero-order chi connectivity index (χ0) is 17.7. The molecule has 0 saturated carbocycles. The topological polar surface area (TPSA) is 67.6 Å². The highest BCUT2D eigenvalue weighted by molar-refractivity contribution is 6.31. The molecule has 1 heterocycles. The van der Waals surface area contributed by atoms with Gasteiger partial charge in [0.05, 0.1) is 30.0 Å². The van der Waals surface area contributed by atoms with E-state index in [4.69, 9.17) is 22.1 Å². The number of morpholine rings is 1. The Morgan fingerprint density at radius 1 is 1.33 bits per heavy atom. The summed E-state index contributed by atoms with van der Waals surface area (Å²) in [6.07, 6.45) is -3.99. The van der Waals surface area contributed by atoms with E-state index >= 15 is 0 Å². The Hall–Kier alpha value is -1.51. The summed E-state index contributed by atoms with van der Waals surface area (Å²) >= 11 is 5.68. The van der Waals surface area contributed by atoms with Crippen molar-refractivity contribution >= 4 is 23.2 Å². The van der Waals surface area contributed by atoms with Gasteiger partial charge in [-0.1, -0.05) is 11.6 Å². The summed E-state index contributed by atoms with van der Waals surface area (Å²) < 4.78 is 43.9. The fourth-order valence-corrected chi connectivity index (χ4v) is 2.68. The summed E-state index contributed by atoms with van der Waals surface area (Å²) in [6.45, 7) is 4.16. The van der Waals surface area contributed by atoms with Crippen molar-refractivity contribution in [3.63, 3.8) is 0 Å². The Balaban J connectivity index is 1.93. The minimum atomic E-state index is -4.67. The van der Waals surface area contributed by atoms with Crippen LogP contribution in [-0.2, 0) is 10.9 Å². The summed E-state index contributed by atoms with van der Waals surface area (Å²) in [6, 6.07) is 1.86. The number of carbonyl (C=O) groups excluding carboxylic acids is 1. The first-order chi connectivity index (χ1) is 11.3. The first kappa shape index (κ1) is 18.8. The van der Waals surface area contributed by atoms with Gasteiger partial charge >= 0.3 is 6.18 Å². The minimum Gasteiger partial charge on any atom is -0.398 e. The molecule has 24 heavy (non-hydrogen) atoms. The summed E-state index contributed by atoms with van der Waals surface area (Å²) in [7, 11) is 0. The maximum absolute atomic E-state index is 12.9. The molecule has 0 spiro atoms. The number of halogens is 4. The van der Waals surface area contributed by atoms with Crippen molar-refractivity contribution in [2.45, 2.75) is 12.6 Å². The second-order valence-corrected chi connectivity index (χ2v) is 5.91. The van der Waals surface area contributed by atoms with Gasteiger partial charge in [0.25, 0.3) is 5.91 Å². The number of alkyl halides is 3. The minimum absolute atomic E-state index is 0.185. The van der Waals surface area contributed by atoms with E-state index in [1.807, 2.05) is 0 Å². The number of ether oxygens (including phenoxy) is 1. The third kappa shape index (κ3) is 4.99. The molecular weight excluding hydrogens is 347 g/mol. The van der Waals surface area contributed by atoms with E-state index in [9.17, 15) is 18.0 Å². The van der Waals surface area contributed by atoms with Crippen molar-refractivity contribution in [3.8, 4) is 0 Å². The number of amides is 1. The van der Waals surface area contributed by atoms with E-state index in [2.05, 4.69) is 10.2 Å². The largest absolute Gasteiger partial charge is 0.418 e. The number of nitrogens with two attached hydrogens (primary N) is 1. The van der Waals surface area contributed by atoms with Gasteiger partial charge in [-0.3, -0.25) is 9.69 Å². The molecule has 3 N–H and O–H groups in total. The van der Waals surface area contributed by atoms with Crippen LogP contribution in [0.2, 0.25) is 5.02 Å². The van der Waals surface area contributed by atoms with Crippen LogP contribution in [0.25, 0.3) is 0 Å². The molecule has 0 atom stereocenters. The van der Waals surface area contributed by atoms with Crippen LogP contribution in [0.1, 0.15) is 22.3 Å². The average Bonchev–Trinajstić information content (AvgIpc) is 2.53. The van der Waals surface area contributed by atoms with Gasteiger partial charge in [-0.05, 0) is 25.1 Å². The van der Waals surface area contributed by atoms with Crippen molar-refractivity contribution in [2.24, 2.45) is 0 Å². The smallest absolute Gasteiger partial charge is 0.398 e. The maximum atomic E-state index is 12.9. The van der Waals surface area contributed by atoms with Crippen molar-refractivity contribution < 1.29 is 22.7 Å². The summed E-state index contributed by atoms with van der Waals surface area (Å²) in [5.74, 6) is -0.664. The maximum Gasteiger partial charge on any atom is 0.418 e. The molecule has 134 valence electrons. The summed E-state index contributed by atoms with van der Waals surface area (Å²) in [5.41, 5.74) is 3.52. The first-order valence-electron chi connectivity index (χ1n) is 7.53. The Morgan fingerprint density at radius 3 is 2.62 bits per heavy atom. The SMILES string of the molecule is Nc1c(C(=O)NCCCN2CCOCC2)cc(Cl)cc1C(F)(F)F. The first-order valence-corrected chi connectivity index (χ1v) is 7.91. The van der Waals surface area contributed by atoms with Gasteiger partial charge < -0.3 is 15.8 Å². The Kier molecular flexibility index (Phi) is 6.31. The zero-order valence-corrected chi connectivity index (χ0v) is 13.7. The zero-order valence-electron chi connectivity index (χ0n) is 13.0. The Bertz CT molecular complexity index is 590. The van der Waals surface area contributed by atoms with Crippen LogP contribution in [-0.4, -0.2) is 50.2 Å². The number of nitrogens with one attached hydrogen (secondary N) is 1. The lowest BCUT2D eigenvalue weighted by Gasteiger charge is -2.26. The Morgan fingerprint density at radius 2 is 2.00 bits per heavy atom. The molecule has 1 aromatic carbocycles. The number of nitrogen functional groups attached to an aromatic ring is 1. The third-order valence-electron chi connectivity index (χ3n) is 3.74. The van der Waals surface area contributed by atoms with Crippen LogP contribution in [0.5, 0.6) is 0 Å². The molecule has 0 unspecified atom stereocenters. The standard InChI is InChI=1S/C15H19ClF3N3O2/c16-10-8-11(13(20)12(9-10)15(17,18)19)14(23)21-2-1-3-22-4-6-24-7-5-22/h8-9H,1-7,20H2,(H,21,23). The number of hydrogen-bond donors (Lipinski definition) is 2. The number of anilines is 1. The summed E-state index contributed by atoms with van der Waals surface area (Å²) in [4.78, 5) is 14.3. The molecule has 0 radical (unpaired) electrons. The molecule has 0 aliphatic carbocycles. The van der Waals surface area contributed by atoms with Crippen molar-refractivity contribution in [1.29, 1.82) is 0 Å². The lowest BCUT2D eigenvalue weighted by molar-refractivity contribution is -0.136. The van der Waals surface area contributed by atoms with Crippen LogP contribution in [0.15, 0.2) is 12.1 Å². The van der Waals surface area contributed by atoms with E-state index in [1.165, 1.54) is 0 Å². The molecule has 0 aromatic heterocycles. The van der Waals surface area contributed by atoms with Crippen LogP contribution in [0, 0.1) is 0 Å². The molecule has 1 saturated heterocycles. The molecule has 2 rings (SSSR count). The van der Waals surface area contributed by atoms with Crippen LogP contribution >= 0.6 is 11.6 Å². The van der Waals surface area contributed by atoms with Gasteiger partial charge in [0.2, 0.25) is 0 Å². The number of hydrogen-bond acceptors (Lipinski definition) is 4. The van der Waals surface area contributed by atoms with Crippen LogP contribution in [0.4, 0.5) is 18.9 Å². The highest BCUT2D eigenvalue weighted by atomic mass is 35.5. The normalized spacial score (nSPS) is 16.2. The van der Waals surface area contributed by atoms with Gasteiger partial charge in [-0.2, -0.15) is 13.2 Å². The molecule has 1 aromatic rings. The van der Waals surface area contributed by atoms with Crippen molar-refractivity contribution in [2.75, 3.05) is 45.1 Å². The van der Waals surface area contributed by atoms with E-state index in [0.29, 0.717) is 32.2 Å². The molecule has 1 aliphatic heterocycles. The number of rotatable bonds is 5. The highest BCUT2D eigenvalue weighted by Gasteiger charge is 2.35. The molecule has 1 amide bonds. The van der Waals surface area contributed by atoms with Gasteiger partial charge in [0, 0.05) is 24.7 Å². The Labute approximate surface area is 142 Å². The highest BCUT2D eigenvalue weighted by Crippen LogP contribution is 2.37. The van der Waals surface area contributed by atoms with E-state index in [0.717, 1.165) is 25.7 Å². The molecular formula is C15H19ClF3N3O2. The van der Waals surface area contributed by atoms with E-state index in [-0.39, 0.29) is 10.6 Å². The van der Waals surface area contributed by atoms with Gasteiger partial charge in [0.1, 0.15) is 0 Å². The number of nitrogens with zero attached hydrogens (tertiary/aromatic N) is 1. The van der Waals surface area contributed by atoms with E-state index < -0.39 is 23.3 Å². The quantitative estimate of drug-likeness (QED) is 0.621. The second kappa shape index (κ2) is 8.04. The molecule has 9 heteroatoms. The molecule has 0 bridgehead atoms. The van der Waals surface area contributed by atoms with Crippen LogP contribution in [0.3, 0.4) is 0 Å². The fourth-order valence-electron chi connectivity index (χ4n) is 2.47. The van der Waals surface area contributed by atoms with Gasteiger partial charge in [0.15, 0.2) is 0 Å². The monoisotopic (exact) mass is 365 g/mol. The van der Waals surface area contributed by atoms with Crippen LogP contribution < -0.4 is 11.1 Å². The van der Waals surface area contributed by atoms with Crippen molar-refractivity contribution in [1.82, 2.24) is 10.2 Å². The molecule has 1 fully saturated rings. The lowest BCUT2D eigenvalue weighted by Crippen LogP contribution is -2.38. The number of benzene rings is 1. The number of carbonyl (C=O) groups is 1. The average molecular weight is 366 g/mol. The molecule has 5 nitrogen and oxygen atoms in total. The lowest BCUT2D eigenvalue weighted by atomic mass is 10.1. The van der Waals surface area contributed by atoms with E-state index in [1.54, 1.807) is 0 Å². The molecule has 1 aliphatic rings. The van der Waals surface area contributed by atoms with Gasteiger partial charge in [-0.25, -0.2) is 0 Å². The van der Waals surface area contributed by atoms with Crippen molar-refractivity contribution in [3.05, 3.63) is 28.3 Å². The predicted octanol–water partition coefficient (Wildman–Crippen LogP) is 2.39. The third-order valence-corrected chi connectivity index (χ3v) is 3.95.